The molecular weight excluding hydrogens is 601 g/mol. The first-order valence-corrected chi connectivity index (χ1v) is 16.6. The number of thiophene rings is 1. The zero-order valence-corrected chi connectivity index (χ0v) is 26.9. The van der Waals surface area contributed by atoms with E-state index in [9.17, 15) is 13.2 Å². The van der Waals surface area contributed by atoms with Crippen molar-refractivity contribution in [3.8, 4) is 27.6 Å². The van der Waals surface area contributed by atoms with Crippen molar-refractivity contribution in [1.29, 1.82) is 0 Å². The van der Waals surface area contributed by atoms with Gasteiger partial charge in [-0.2, -0.15) is 0 Å². The van der Waals surface area contributed by atoms with Gasteiger partial charge in [-0.25, -0.2) is 32.9 Å². The van der Waals surface area contributed by atoms with E-state index in [0.717, 1.165) is 58.0 Å². The molecule has 1 amide bonds. The number of ether oxygens (including phenoxy) is 2. The van der Waals surface area contributed by atoms with Crippen molar-refractivity contribution in [2.24, 2.45) is 0 Å². The molecule has 230 valence electrons. The molecule has 0 aliphatic rings. The van der Waals surface area contributed by atoms with E-state index in [4.69, 9.17) is 19.4 Å². The largest absolute Gasteiger partial charge is 0.481 e. The maximum Gasteiger partial charge on any atom is 0.421 e. The topological polar surface area (TPSA) is 138 Å². The Hall–Kier alpha value is -4.36. The van der Waals surface area contributed by atoms with Gasteiger partial charge in [-0.05, 0) is 61.7 Å². The fraction of sp³-hybridized carbons (Fsp3) is 0.323. The quantitative estimate of drug-likeness (QED) is 0.172. The average molecular weight is 635 g/mol. The molecule has 0 aliphatic carbocycles. The molecule has 0 spiro atoms. The highest BCUT2D eigenvalue weighted by Gasteiger charge is 2.28. The molecule has 5 aromatic rings. The number of hydrogen-bond acceptors (Lipinski definition) is 10. The van der Waals surface area contributed by atoms with E-state index in [1.54, 1.807) is 36.7 Å². The van der Waals surface area contributed by atoms with Crippen molar-refractivity contribution in [3.63, 3.8) is 0 Å². The van der Waals surface area contributed by atoms with Gasteiger partial charge in [0.05, 0.1) is 31.5 Å². The first-order chi connectivity index (χ1) is 21.1. The number of pyridine rings is 3. The number of methoxy groups -OCH3 is 1. The molecule has 0 fully saturated rings. The average Bonchev–Trinajstić information content (AvgIpc) is 3.60. The van der Waals surface area contributed by atoms with Crippen molar-refractivity contribution >= 4 is 38.6 Å². The first-order valence-electron chi connectivity index (χ1n) is 14.3. The lowest BCUT2D eigenvalue weighted by Crippen LogP contribution is -2.31. The molecule has 0 unspecified atom stereocenters. The number of carbonyl (C=O) groups excluding carboxylic acids is 1. The summed E-state index contributed by atoms with van der Waals surface area (Å²) in [5, 5.41) is 0. The van der Waals surface area contributed by atoms with Crippen molar-refractivity contribution in [2.75, 3.05) is 13.7 Å². The second kappa shape index (κ2) is 13.1. The third kappa shape index (κ3) is 6.43. The standard InChI is InChI=1S/C31H34N6O5S2/c1-6-8-14-42-31(38)36-44(39,40)30-23(16-25(43-30)22-10-9-13-32-29(22)41-5)24-12-11-21(17-33-24)18-37-26(7-2)35-27-19(3)15-20(4)34-28(27)37/h9-13,15-17H,6-8,14,18H2,1-5H3,(H,36,38). The summed E-state index contributed by atoms with van der Waals surface area (Å²) in [4.78, 5) is 31.4. The van der Waals surface area contributed by atoms with Crippen LogP contribution in [0.5, 0.6) is 5.88 Å². The summed E-state index contributed by atoms with van der Waals surface area (Å²) in [5.41, 5.74) is 5.97. The molecule has 0 aromatic carbocycles. The lowest BCUT2D eigenvalue weighted by atomic mass is 10.1. The van der Waals surface area contributed by atoms with Gasteiger partial charge in [0.25, 0.3) is 10.0 Å². The highest BCUT2D eigenvalue weighted by atomic mass is 32.2. The summed E-state index contributed by atoms with van der Waals surface area (Å²) >= 11 is 0.992. The van der Waals surface area contributed by atoms with Gasteiger partial charge in [0.1, 0.15) is 15.6 Å². The molecule has 5 aromatic heterocycles. The minimum Gasteiger partial charge on any atom is -0.481 e. The second-order valence-corrected chi connectivity index (χ2v) is 13.2. The van der Waals surface area contributed by atoms with Gasteiger partial charge in [0.15, 0.2) is 5.65 Å². The third-order valence-corrected chi connectivity index (χ3v) is 9.99. The van der Waals surface area contributed by atoms with Crippen LogP contribution in [0.4, 0.5) is 4.79 Å². The normalized spacial score (nSPS) is 11.6. The van der Waals surface area contributed by atoms with Crippen molar-refractivity contribution in [1.82, 2.24) is 29.2 Å². The highest BCUT2D eigenvalue weighted by Crippen LogP contribution is 2.41. The number of fused-ring (bicyclic) bond motifs is 1. The van der Waals surface area contributed by atoms with E-state index < -0.39 is 16.1 Å². The smallest absolute Gasteiger partial charge is 0.421 e. The monoisotopic (exact) mass is 634 g/mol. The number of unbranched alkanes of at least 4 members (excludes halogenated alkanes) is 1. The van der Waals surface area contributed by atoms with Gasteiger partial charge in [0, 0.05) is 34.9 Å². The Bertz CT molecular complexity index is 1920. The molecule has 0 bridgehead atoms. The Morgan fingerprint density at radius 3 is 2.59 bits per heavy atom. The first kappa shape index (κ1) is 31.1. The number of nitrogens with one attached hydrogen (secondary N) is 1. The van der Waals surface area contributed by atoms with Crippen LogP contribution in [0.1, 0.15) is 49.3 Å². The van der Waals surface area contributed by atoms with Crippen LogP contribution in [0.25, 0.3) is 32.9 Å². The Labute approximate surface area is 260 Å². The lowest BCUT2D eigenvalue weighted by Gasteiger charge is -2.10. The van der Waals surface area contributed by atoms with Crippen LogP contribution in [-0.4, -0.2) is 52.7 Å². The van der Waals surface area contributed by atoms with Crippen LogP contribution in [0.3, 0.4) is 0 Å². The lowest BCUT2D eigenvalue weighted by molar-refractivity contribution is 0.151. The van der Waals surface area contributed by atoms with E-state index in [2.05, 4.69) is 21.5 Å². The predicted octanol–water partition coefficient (Wildman–Crippen LogP) is 6.07. The zero-order chi connectivity index (χ0) is 31.4. The van der Waals surface area contributed by atoms with E-state index in [0.29, 0.717) is 40.5 Å². The number of aromatic nitrogens is 5. The number of hydrogen-bond donors (Lipinski definition) is 1. The zero-order valence-electron chi connectivity index (χ0n) is 25.2. The molecule has 5 heterocycles. The molecular formula is C31H34N6O5S2. The van der Waals surface area contributed by atoms with Crippen LogP contribution in [0.2, 0.25) is 0 Å². The highest BCUT2D eigenvalue weighted by molar-refractivity contribution is 7.92. The predicted molar refractivity (Wildman–Crippen MR) is 169 cm³/mol. The fourth-order valence-corrected chi connectivity index (χ4v) is 7.44. The molecule has 13 heteroatoms. The summed E-state index contributed by atoms with van der Waals surface area (Å²) < 4.78 is 41.5. The molecule has 0 atom stereocenters. The Balaban J connectivity index is 1.52. The second-order valence-electron chi connectivity index (χ2n) is 10.2. The molecule has 5 rings (SSSR count). The summed E-state index contributed by atoms with van der Waals surface area (Å²) in [6.45, 7) is 8.63. The molecule has 1 N–H and O–H groups in total. The summed E-state index contributed by atoms with van der Waals surface area (Å²) in [5.74, 6) is 1.27. The molecule has 0 saturated carbocycles. The molecule has 44 heavy (non-hydrogen) atoms. The Morgan fingerprint density at radius 2 is 1.89 bits per heavy atom. The Morgan fingerprint density at radius 1 is 1.07 bits per heavy atom. The fourth-order valence-electron chi connectivity index (χ4n) is 4.87. The van der Waals surface area contributed by atoms with Crippen LogP contribution < -0.4 is 9.46 Å². The van der Waals surface area contributed by atoms with Gasteiger partial charge in [0.2, 0.25) is 5.88 Å². The number of sulfonamides is 1. The van der Waals surface area contributed by atoms with E-state index in [1.807, 2.05) is 37.6 Å². The van der Waals surface area contributed by atoms with Gasteiger partial charge in [-0.1, -0.05) is 26.3 Å². The molecule has 11 nitrogen and oxygen atoms in total. The minimum atomic E-state index is -4.30. The number of aryl methyl sites for hydroxylation is 3. The van der Waals surface area contributed by atoms with Crippen molar-refractivity contribution in [3.05, 3.63) is 71.4 Å². The van der Waals surface area contributed by atoms with E-state index >= 15 is 0 Å². The van der Waals surface area contributed by atoms with E-state index in [1.165, 1.54) is 7.11 Å². The number of amides is 1. The molecule has 0 aliphatic heterocycles. The van der Waals surface area contributed by atoms with Crippen LogP contribution in [-0.2, 0) is 27.7 Å². The van der Waals surface area contributed by atoms with Crippen LogP contribution in [0, 0.1) is 13.8 Å². The summed E-state index contributed by atoms with van der Waals surface area (Å²) in [6.07, 6.45) is 4.45. The van der Waals surface area contributed by atoms with Gasteiger partial charge in [-0.15, -0.1) is 11.3 Å². The van der Waals surface area contributed by atoms with Gasteiger partial charge < -0.3 is 14.0 Å². The van der Waals surface area contributed by atoms with E-state index in [-0.39, 0.29) is 10.8 Å². The van der Waals surface area contributed by atoms with Crippen molar-refractivity contribution in [2.45, 2.75) is 57.7 Å². The van der Waals surface area contributed by atoms with Gasteiger partial charge in [-0.3, -0.25) is 4.98 Å². The third-order valence-electron chi connectivity index (χ3n) is 6.98. The Kier molecular flexibility index (Phi) is 9.25. The SMILES string of the molecule is CCCCOC(=O)NS(=O)(=O)c1sc(-c2cccnc2OC)cc1-c1ccc(Cn2c(CC)nc3c(C)cc(C)nc32)cn1. The minimum absolute atomic E-state index is 0.0740. The maximum atomic E-state index is 13.5. The molecule has 0 radical (unpaired) electrons. The van der Waals surface area contributed by atoms with Gasteiger partial charge >= 0.3 is 6.09 Å². The number of rotatable bonds is 11. The molecule has 0 saturated heterocycles. The van der Waals surface area contributed by atoms with Crippen LogP contribution in [0.15, 0.2) is 53.0 Å². The summed E-state index contributed by atoms with van der Waals surface area (Å²) in [6, 6.07) is 11.0. The van der Waals surface area contributed by atoms with Crippen LogP contribution >= 0.6 is 11.3 Å². The number of carbonyl (C=O) groups is 1. The maximum absolute atomic E-state index is 13.5. The number of nitrogens with zero attached hydrogens (tertiary/aromatic N) is 5. The van der Waals surface area contributed by atoms with Crippen molar-refractivity contribution < 1.29 is 22.7 Å². The number of imidazole rings is 1. The summed E-state index contributed by atoms with van der Waals surface area (Å²) in [7, 11) is -2.81.